The van der Waals surface area contributed by atoms with Crippen molar-refractivity contribution in [2.45, 2.75) is 45.3 Å². The highest BCUT2D eigenvalue weighted by Crippen LogP contribution is 2.39. The number of halogens is 1. The Balaban J connectivity index is 2.13. The van der Waals surface area contributed by atoms with Gasteiger partial charge in [0.25, 0.3) is 0 Å². The maximum Gasteiger partial charge on any atom is 0.127 e. The van der Waals surface area contributed by atoms with E-state index >= 15 is 0 Å². The van der Waals surface area contributed by atoms with Crippen LogP contribution in [0.1, 0.15) is 45.2 Å². The highest BCUT2D eigenvalue weighted by atomic mass is 19.1. The minimum atomic E-state index is -0.307. The summed E-state index contributed by atoms with van der Waals surface area (Å²) in [6.45, 7) is 7.20. The van der Waals surface area contributed by atoms with Crippen LogP contribution in [0.2, 0.25) is 0 Å². The van der Waals surface area contributed by atoms with Gasteiger partial charge in [0.1, 0.15) is 17.2 Å². The molecule has 2 atom stereocenters. The van der Waals surface area contributed by atoms with E-state index in [2.05, 4.69) is 12.2 Å². The van der Waals surface area contributed by atoms with Gasteiger partial charge < -0.3 is 15.2 Å². The maximum absolute atomic E-state index is 13.4. The summed E-state index contributed by atoms with van der Waals surface area (Å²) in [5.74, 6) is 0.775. The monoisotopic (exact) mass is 281 g/mol. The van der Waals surface area contributed by atoms with Gasteiger partial charge in [0, 0.05) is 30.7 Å². The van der Waals surface area contributed by atoms with Crippen LogP contribution >= 0.6 is 0 Å². The van der Waals surface area contributed by atoms with Gasteiger partial charge in [-0.15, -0.1) is 0 Å². The van der Waals surface area contributed by atoms with Gasteiger partial charge in [-0.05, 0) is 38.8 Å². The quantitative estimate of drug-likeness (QED) is 0.871. The third-order valence-corrected chi connectivity index (χ3v) is 3.77. The van der Waals surface area contributed by atoms with Crippen molar-refractivity contribution in [3.8, 4) is 5.75 Å². The first kappa shape index (κ1) is 15.3. The van der Waals surface area contributed by atoms with E-state index in [0.717, 1.165) is 24.9 Å². The van der Waals surface area contributed by atoms with Crippen molar-refractivity contribution in [2.24, 2.45) is 5.92 Å². The molecular weight excluding hydrogens is 257 g/mol. The molecule has 2 rings (SSSR count). The Kier molecular flexibility index (Phi) is 4.66. The van der Waals surface area contributed by atoms with Crippen LogP contribution in [-0.4, -0.2) is 23.9 Å². The average Bonchev–Trinajstić information content (AvgIpc) is 2.34. The van der Waals surface area contributed by atoms with Crippen LogP contribution in [0, 0.1) is 11.7 Å². The zero-order chi connectivity index (χ0) is 14.8. The van der Waals surface area contributed by atoms with Crippen molar-refractivity contribution >= 4 is 0 Å². The van der Waals surface area contributed by atoms with Gasteiger partial charge in [-0.3, -0.25) is 0 Å². The van der Waals surface area contributed by atoms with Crippen LogP contribution in [-0.2, 0) is 0 Å². The van der Waals surface area contributed by atoms with Crippen LogP contribution in [0.4, 0.5) is 4.39 Å². The summed E-state index contributed by atoms with van der Waals surface area (Å²) >= 11 is 0. The lowest BCUT2D eigenvalue weighted by Crippen LogP contribution is -2.40. The van der Waals surface area contributed by atoms with E-state index < -0.39 is 0 Å². The highest BCUT2D eigenvalue weighted by molar-refractivity contribution is 5.39. The molecule has 0 saturated carbocycles. The van der Waals surface area contributed by atoms with Crippen LogP contribution < -0.4 is 10.1 Å². The van der Waals surface area contributed by atoms with Crippen molar-refractivity contribution in [1.29, 1.82) is 0 Å². The van der Waals surface area contributed by atoms with E-state index in [0.29, 0.717) is 11.7 Å². The lowest BCUT2D eigenvalue weighted by Gasteiger charge is -2.38. The van der Waals surface area contributed by atoms with Gasteiger partial charge in [-0.2, -0.15) is 0 Å². The maximum atomic E-state index is 13.4. The van der Waals surface area contributed by atoms with E-state index in [4.69, 9.17) is 9.84 Å². The molecule has 1 aromatic carbocycles. The van der Waals surface area contributed by atoms with Crippen molar-refractivity contribution in [3.05, 3.63) is 29.6 Å². The molecule has 1 aromatic rings. The molecule has 0 fully saturated rings. The average molecular weight is 281 g/mol. The van der Waals surface area contributed by atoms with Gasteiger partial charge in [-0.1, -0.05) is 13.0 Å². The first-order chi connectivity index (χ1) is 9.41. The van der Waals surface area contributed by atoms with E-state index in [1.165, 1.54) is 12.1 Å². The number of benzene rings is 1. The summed E-state index contributed by atoms with van der Waals surface area (Å²) in [6, 6.07) is 4.90. The molecular formula is C16H24FNO2. The highest BCUT2D eigenvalue weighted by Gasteiger charge is 2.33. The predicted octanol–water partition coefficient (Wildman–Crippen LogP) is 3.04. The van der Waals surface area contributed by atoms with E-state index in [1.54, 1.807) is 6.07 Å². The fraction of sp³-hybridized carbons (Fsp3) is 0.625. The third kappa shape index (κ3) is 3.70. The molecule has 1 heterocycles. The fourth-order valence-corrected chi connectivity index (χ4v) is 2.67. The van der Waals surface area contributed by atoms with Crippen LogP contribution in [0.15, 0.2) is 18.2 Å². The topological polar surface area (TPSA) is 41.5 Å². The summed E-state index contributed by atoms with van der Waals surface area (Å²) < 4.78 is 19.2. The number of aliphatic hydroxyl groups is 1. The summed E-state index contributed by atoms with van der Waals surface area (Å²) in [7, 11) is 0. The number of hydrogen-bond donors (Lipinski definition) is 2. The molecule has 2 N–H and O–H groups in total. The molecule has 0 amide bonds. The second kappa shape index (κ2) is 6.10. The number of rotatable bonds is 5. The molecule has 2 unspecified atom stereocenters. The van der Waals surface area contributed by atoms with Gasteiger partial charge in [0.05, 0.1) is 0 Å². The first-order valence-corrected chi connectivity index (χ1v) is 7.24. The molecule has 20 heavy (non-hydrogen) atoms. The zero-order valence-corrected chi connectivity index (χ0v) is 12.4. The Hall–Kier alpha value is -1.13. The summed E-state index contributed by atoms with van der Waals surface area (Å²) in [5.41, 5.74) is 0.709. The van der Waals surface area contributed by atoms with Gasteiger partial charge >= 0.3 is 0 Å². The number of aliphatic hydroxyl groups excluding tert-OH is 1. The number of ether oxygens (including phenoxy) is 1. The van der Waals surface area contributed by atoms with E-state index in [9.17, 15) is 4.39 Å². The van der Waals surface area contributed by atoms with Crippen molar-refractivity contribution < 1.29 is 14.2 Å². The Morgan fingerprint density at radius 3 is 2.95 bits per heavy atom. The predicted molar refractivity (Wildman–Crippen MR) is 77.3 cm³/mol. The molecule has 0 aromatic heterocycles. The molecule has 1 aliphatic rings. The number of hydrogen-bond acceptors (Lipinski definition) is 3. The Labute approximate surface area is 120 Å². The Bertz CT molecular complexity index is 462. The van der Waals surface area contributed by atoms with E-state index in [-0.39, 0.29) is 24.1 Å². The van der Waals surface area contributed by atoms with Crippen molar-refractivity contribution in [3.63, 3.8) is 0 Å². The van der Waals surface area contributed by atoms with Crippen LogP contribution in [0.5, 0.6) is 5.75 Å². The largest absolute Gasteiger partial charge is 0.487 e. The molecule has 112 valence electrons. The van der Waals surface area contributed by atoms with E-state index in [1.807, 2.05) is 13.8 Å². The molecule has 0 spiro atoms. The van der Waals surface area contributed by atoms with Crippen molar-refractivity contribution in [2.75, 3.05) is 13.2 Å². The van der Waals surface area contributed by atoms with Gasteiger partial charge in [0.15, 0.2) is 0 Å². The van der Waals surface area contributed by atoms with Crippen LogP contribution in [0.25, 0.3) is 0 Å². The first-order valence-electron chi connectivity index (χ1n) is 7.24. The summed E-state index contributed by atoms with van der Waals surface area (Å²) in [4.78, 5) is 0. The van der Waals surface area contributed by atoms with Gasteiger partial charge in [-0.25, -0.2) is 4.39 Å². The SMILES string of the molecule is CC(CCO)CNC1CC(C)(C)Oc2cc(F)ccc21. The summed E-state index contributed by atoms with van der Waals surface area (Å²) in [5, 5.41) is 12.5. The molecule has 1 aliphatic heterocycles. The second-order valence-electron chi connectivity index (χ2n) is 6.33. The normalized spacial score (nSPS) is 21.9. The fourth-order valence-electron chi connectivity index (χ4n) is 2.67. The number of fused-ring (bicyclic) bond motifs is 1. The standard InChI is InChI=1S/C16H24FNO2/c1-11(6-7-19)10-18-14-9-16(2,3)20-15-8-12(17)4-5-13(14)15/h4-5,8,11,14,18-19H,6-7,9-10H2,1-3H3. The Morgan fingerprint density at radius 1 is 1.50 bits per heavy atom. The molecule has 0 aliphatic carbocycles. The smallest absolute Gasteiger partial charge is 0.127 e. The molecule has 3 nitrogen and oxygen atoms in total. The second-order valence-corrected chi connectivity index (χ2v) is 6.33. The minimum Gasteiger partial charge on any atom is -0.487 e. The third-order valence-electron chi connectivity index (χ3n) is 3.77. The molecule has 0 saturated heterocycles. The lowest BCUT2D eigenvalue weighted by atomic mass is 9.89. The van der Waals surface area contributed by atoms with Gasteiger partial charge in [0.2, 0.25) is 0 Å². The zero-order valence-electron chi connectivity index (χ0n) is 12.4. The lowest BCUT2D eigenvalue weighted by molar-refractivity contribution is 0.0646. The molecule has 0 radical (unpaired) electrons. The molecule has 0 bridgehead atoms. The Morgan fingerprint density at radius 2 is 2.25 bits per heavy atom. The van der Waals surface area contributed by atoms with Crippen molar-refractivity contribution in [1.82, 2.24) is 5.32 Å². The number of nitrogens with one attached hydrogen (secondary N) is 1. The molecule has 4 heteroatoms. The van der Waals surface area contributed by atoms with Crippen LogP contribution in [0.3, 0.4) is 0 Å². The summed E-state index contributed by atoms with van der Waals surface area (Å²) in [6.07, 6.45) is 1.63. The minimum absolute atomic E-state index is 0.162.